The number of halogens is 1. The number of ether oxygens (including phenoxy) is 12. The molecule has 14 nitrogen and oxygen atoms in total. The molecule has 0 amide bonds. The monoisotopic (exact) mass is 853 g/mol. The number of rotatable bonds is 5. The lowest BCUT2D eigenvalue weighted by Gasteiger charge is -2.42. The number of carbonyl (C=O) groups excluding carboxylic acids is 1. The highest BCUT2D eigenvalue weighted by Gasteiger charge is 2.59. The quantitative estimate of drug-likeness (QED) is 0.199. The number of alkyl halides is 1. The van der Waals surface area contributed by atoms with Crippen LogP contribution in [0.4, 0.5) is 4.39 Å². The standard InChI is InChI=1S/C24H24O7.C23H23FO7/c1-24(2)23-22(30-23)19-13(31-24)7-6-11-20(27-5)18-12-8-15(25-3)16(26-4)9-14(12)28-10-17(18)29-21(11)19;1-23(2)22(26)19(24)18-12(31-23)6-5-10-20(25)17-11-7-14(27-3)15(28-4)8-13(11)29-9-16(17)30-21(10)18/h6-9,17,22-23H,10H2,1-5H3;5-8,16-17,19,22,26H,9H2,1-4H3/t17-,22?,23?;16-,17+,19?,22?/m11/s1/i;24-1. The van der Waals surface area contributed by atoms with E-state index < -0.39 is 29.9 Å². The Balaban J connectivity index is 0.000000148. The minimum Gasteiger partial charge on any atom is -0.496 e. The number of carbonyl (C=O) groups is 1. The summed E-state index contributed by atoms with van der Waals surface area (Å²) in [5, 5.41) is 10.4. The SMILES string of the molecule is COC1=C2c3cc(OC)c(OC)cc3OC[C@H]2Oc2c1ccc1c2C2OC2C(C)(C)O1.COc1cc2c(cc1OC)[C@@H]1C(=O)c3ccc4c(c3O[C@@H]1CO2)C([18F])C(O)C(C)(C)O4. The molecule has 1 fully saturated rings. The first-order chi connectivity index (χ1) is 29.7. The van der Waals surface area contributed by atoms with Crippen LogP contribution in [0, 0.1) is 0 Å². The molecule has 0 aliphatic carbocycles. The molecule has 1 N–H and O–H groups in total. The van der Waals surface area contributed by atoms with Gasteiger partial charge in [-0.05, 0) is 64.1 Å². The number of epoxide rings is 1. The highest BCUT2D eigenvalue weighted by molar-refractivity contribution is 6.06. The van der Waals surface area contributed by atoms with Crippen LogP contribution in [-0.2, 0) is 9.47 Å². The topological polar surface area (TPSA) is 151 Å². The van der Waals surface area contributed by atoms with Crippen LogP contribution in [0.3, 0.4) is 0 Å². The average Bonchev–Trinajstić information content (AvgIpc) is 4.08. The molecule has 15 heteroatoms. The molecule has 0 aromatic heterocycles. The van der Waals surface area contributed by atoms with Gasteiger partial charge in [-0.1, -0.05) is 0 Å². The number of aliphatic hydroxyl groups is 1. The van der Waals surface area contributed by atoms with Gasteiger partial charge in [0.25, 0.3) is 0 Å². The zero-order valence-corrected chi connectivity index (χ0v) is 35.7. The van der Waals surface area contributed by atoms with Crippen LogP contribution in [0.5, 0.6) is 57.5 Å². The van der Waals surface area contributed by atoms with Gasteiger partial charge >= 0.3 is 0 Å². The van der Waals surface area contributed by atoms with Crippen LogP contribution in [0.2, 0.25) is 0 Å². The molecule has 62 heavy (non-hydrogen) atoms. The van der Waals surface area contributed by atoms with E-state index in [0.29, 0.717) is 46.7 Å². The minimum atomic E-state index is -1.75. The first-order valence-electron chi connectivity index (χ1n) is 20.4. The summed E-state index contributed by atoms with van der Waals surface area (Å²) in [7, 11) is 7.94. The van der Waals surface area contributed by atoms with Crippen molar-refractivity contribution in [2.45, 2.75) is 81.5 Å². The molecule has 0 bridgehead atoms. The van der Waals surface area contributed by atoms with Crippen LogP contribution >= 0.6 is 0 Å². The summed E-state index contributed by atoms with van der Waals surface area (Å²) in [5.74, 6) is 5.24. The summed E-state index contributed by atoms with van der Waals surface area (Å²) in [5.41, 5.74) is 3.10. The molecule has 7 atom stereocenters. The summed E-state index contributed by atoms with van der Waals surface area (Å²) < 4.78 is 85.4. The number of aliphatic hydroxyl groups excluding tert-OH is 1. The summed E-state index contributed by atoms with van der Waals surface area (Å²) in [4.78, 5) is 13.5. The number of methoxy groups -OCH3 is 5. The summed E-state index contributed by atoms with van der Waals surface area (Å²) in [6.45, 7) is 7.79. The molecule has 0 spiro atoms. The van der Waals surface area contributed by atoms with E-state index in [2.05, 4.69) is 0 Å². The Morgan fingerprint density at radius 3 is 1.95 bits per heavy atom. The predicted molar refractivity (Wildman–Crippen MR) is 220 cm³/mol. The fraction of sp³-hybridized carbons (Fsp3) is 0.426. The molecule has 326 valence electrons. The second-order valence-electron chi connectivity index (χ2n) is 17.1. The molecule has 7 heterocycles. The average molecular weight is 854 g/mol. The lowest BCUT2D eigenvalue weighted by Crippen LogP contribution is -2.49. The van der Waals surface area contributed by atoms with Gasteiger partial charge in [-0.25, -0.2) is 4.39 Å². The maximum absolute atomic E-state index is 15.2. The van der Waals surface area contributed by atoms with Gasteiger partial charge < -0.3 is 61.9 Å². The molecule has 0 saturated carbocycles. The van der Waals surface area contributed by atoms with Crippen LogP contribution < -0.4 is 47.4 Å². The minimum absolute atomic E-state index is 0.0199. The third-order valence-electron chi connectivity index (χ3n) is 12.7. The van der Waals surface area contributed by atoms with Gasteiger partial charge in [0.2, 0.25) is 0 Å². The smallest absolute Gasteiger partial charge is 0.178 e. The number of hydrogen-bond donors (Lipinski definition) is 1. The second kappa shape index (κ2) is 14.2. The van der Waals surface area contributed by atoms with Gasteiger partial charge in [0.1, 0.15) is 89.1 Å². The second-order valence-corrected chi connectivity index (χ2v) is 17.1. The molecule has 4 unspecified atom stereocenters. The van der Waals surface area contributed by atoms with Gasteiger partial charge in [0.15, 0.2) is 41.1 Å². The normalized spacial score (nSPS) is 26.6. The Morgan fingerprint density at radius 1 is 0.661 bits per heavy atom. The fourth-order valence-electron chi connectivity index (χ4n) is 9.48. The molecule has 4 aromatic carbocycles. The third-order valence-corrected chi connectivity index (χ3v) is 12.7. The molecular weight excluding hydrogens is 807 g/mol. The van der Waals surface area contributed by atoms with Crippen LogP contribution in [-0.4, -0.2) is 95.3 Å². The van der Waals surface area contributed by atoms with Crippen LogP contribution in [0.15, 0.2) is 48.5 Å². The molecular formula is C47H47FO14. The Bertz CT molecular complexity index is 2560. The number of ketones is 1. The van der Waals surface area contributed by atoms with Crippen molar-refractivity contribution in [1.82, 2.24) is 0 Å². The van der Waals surface area contributed by atoms with E-state index in [1.165, 1.54) is 14.2 Å². The fourth-order valence-corrected chi connectivity index (χ4v) is 9.48. The van der Waals surface area contributed by atoms with E-state index in [9.17, 15) is 9.90 Å². The molecule has 7 aliphatic heterocycles. The van der Waals surface area contributed by atoms with Gasteiger partial charge in [0, 0.05) is 28.8 Å². The van der Waals surface area contributed by atoms with Gasteiger partial charge in [-0.2, -0.15) is 0 Å². The first kappa shape index (κ1) is 40.0. The van der Waals surface area contributed by atoms with Gasteiger partial charge in [-0.15, -0.1) is 0 Å². The van der Waals surface area contributed by atoms with Gasteiger partial charge in [0.05, 0.1) is 63.7 Å². The van der Waals surface area contributed by atoms with E-state index in [-0.39, 0.29) is 58.9 Å². The third kappa shape index (κ3) is 5.91. The molecule has 4 aromatic rings. The Kier molecular flexibility index (Phi) is 9.20. The van der Waals surface area contributed by atoms with Crippen molar-refractivity contribution in [3.63, 3.8) is 0 Å². The van der Waals surface area contributed by atoms with Crippen molar-refractivity contribution < 1.29 is 71.1 Å². The Labute approximate surface area is 357 Å². The number of hydrogen-bond acceptors (Lipinski definition) is 14. The van der Waals surface area contributed by atoms with Crippen molar-refractivity contribution in [1.29, 1.82) is 0 Å². The number of benzene rings is 4. The molecule has 7 aliphatic rings. The van der Waals surface area contributed by atoms with E-state index in [4.69, 9.17) is 56.8 Å². The largest absolute Gasteiger partial charge is 0.496 e. The van der Waals surface area contributed by atoms with Crippen molar-refractivity contribution in [2.24, 2.45) is 0 Å². The van der Waals surface area contributed by atoms with E-state index in [0.717, 1.165) is 39.5 Å². The molecule has 1 saturated heterocycles. The van der Waals surface area contributed by atoms with Gasteiger partial charge in [-0.3, -0.25) is 4.79 Å². The summed E-state index contributed by atoms with van der Waals surface area (Å²) >= 11 is 0. The molecule has 0 radical (unpaired) electrons. The maximum Gasteiger partial charge on any atom is 0.178 e. The molecule has 11 rings (SSSR count). The Morgan fingerprint density at radius 2 is 1.26 bits per heavy atom. The number of fused-ring (bicyclic) bond motifs is 14. The zero-order valence-electron chi connectivity index (χ0n) is 35.7. The van der Waals surface area contributed by atoms with Crippen molar-refractivity contribution in [2.75, 3.05) is 48.8 Å². The van der Waals surface area contributed by atoms with Crippen molar-refractivity contribution in [3.05, 3.63) is 81.9 Å². The van der Waals surface area contributed by atoms with Crippen LogP contribution in [0.25, 0.3) is 11.3 Å². The maximum atomic E-state index is 15.2. The van der Waals surface area contributed by atoms with Crippen molar-refractivity contribution in [3.8, 4) is 57.5 Å². The Hall–Kier alpha value is -6.06. The zero-order chi connectivity index (χ0) is 43.6. The van der Waals surface area contributed by atoms with E-state index in [1.807, 2.05) is 38.1 Å². The predicted octanol–water partition coefficient (Wildman–Crippen LogP) is 7.35. The van der Waals surface area contributed by atoms with Crippen molar-refractivity contribution >= 4 is 17.1 Å². The lowest BCUT2D eigenvalue weighted by molar-refractivity contribution is -0.0879. The number of Topliss-reactive ketones (excluding diaryl/α,β-unsaturated/α-hetero) is 1. The summed E-state index contributed by atoms with van der Waals surface area (Å²) in [6.07, 6.45) is -4.15. The first-order valence-corrected chi connectivity index (χ1v) is 20.4. The van der Waals surface area contributed by atoms with Crippen LogP contribution in [0.1, 0.15) is 84.1 Å². The summed E-state index contributed by atoms with van der Waals surface area (Å²) in [6, 6.07) is 14.3. The lowest BCUT2D eigenvalue weighted by atomic mass is 9.79. The highest BCUT2D eigenvalue weighted by atomic mass is 18.2. The highest BCUT2D eigenvalue weighted by Crippen LogP contribution is 2.60. The van der Waals surface area contributed by atoms with E-state index in [1.54, 1.807) is 59.4 Å². The van der Waals surface area contributed by atoms with E-state index >= 15 is 4.39 Å².